The van der Waals surface area contributed by atoms with Gasteiger partial charge in [-0.15, -0.1) is 0 Å². The number of hydrogen-bond donors (Lipinski definition) is 0. The van der Waals surface area contributed by atoms with Crippen LogP contribution in [0.3, 0.4) is 0 Å². The van der Waals surface area contributed by atoms with Crippen LogP contribution in [0.25, 0.3) is 0 Å². The van der Waals surface area contributed by atoms with Crippen LogP contribution in [-0.2, 0) is 6.54 Å². The Morgan fingerprint density at radius 1 is 1.00 bits per heavy atom. The van der Waals surface area contributed by atoms with Crippen molar-refractivity contribution in [2.75, 3.05) is 26.2 Å². The van der Waals surface area contributed by atoms with Gasteiger partial charge in [-0.05, 0) is 51.7 Å². The summed E-state index contributed by atoms with van der Waals surface area (Å²) in [7, 11) is 0. The minimum atomic E-state index is 0.653. The molecule has 0 aromatic carbocycles. The van der Waals surface area contributed by atoms with E-state index in [4.69, 9.17) is 4.52 Å². The topological polar surface area (TPSA) is 32.5 Å². The monoisotopic (exact) mass is 303 g/mol. The van der Waals surface area contributed by atoms with E-state index in [1.807, 2.05) is 0 Å². The smallest absolute Gasteiger partial charge is 0.150 e. The Morgan fingerprint density at radius 2 is 1.86 bits per heavy atom. The Bertz CT molecular complexity index is 480. The minimum absolute atomic E-state index is 0.653. The quantitative estimate of drug-likeness (QED) is 0.857. The molecule has 4 rings (SSSR count). The second kappa shape index (κ2) is 6.71. The number of nitrogens with zero attached hydrogens (tertiary/aromatic N) is 3. The number of fused-ring (bicyclic) bond motifs is 1. The van der Waals surface area contributed by atoms with Gasteiger partial charge >= 0.3 is 0 Å². The zero-order chi connectivity index (χ0) is 14.8. The molecule has 1 atom stereocenters. The Balaban J connectivity index is 1.37. The third kappa shape index (κ3) is 3.23. The summed E-state index contributed by atoms with van der Waals surface area (Å²) in [6, 6.07) is 3.02. The van der Waals surface area contributed by atoms with Crippen LogP contribution in [-0.4, -0.2) is 47.2 Å². The van der Waals surface area contributed by atoms with Crippen molar-refractivity contribution < 1.29 is 4.52 Å². The normalized spacial score (nSPS) is 28.6. The predicted molar refractivity (Wildman–Crippen MR) is 86.8 cm³/mol. The zero-order valence-corrected chi connectivity index (χ0v) is 13.7. The van der Waals surface area contributed by atoms with Gasteiger partial charge in [0.1, 0.15) is 0 Å². The lowest BCUT2D eigenvalue weighted by atomic mass is 9.87. The van der Waals surface area contributed by atoms with Crippen molar-refractivity contribution in [1.82, 2.24) is 15.0 Å². The summed E-state index contributed by atoms with van der Waals surface area (Å²) in [4.78, 5) is 5.27. The predicted octanol–water partition coefficient (Wildman–Crippen LogP) is 3.39. The summed E-state index contributed by atoms with van der Waals surface area (Å²) in [5.74, 6) is 1.73. The Morgan fingerprint density at radius 3 is 2.77 bits per heavy atom. The van der Waals surface area contributed by atoms with Crippen LogP contribution >= 0.6 is 0 Å². The van der Waals surface area contributed by atoms with Crippen molar-refractivity contribution in [2.45, 2.75) is 69.9 Å². The van der Waals surface area contributed by atoms with Crippen LogP contribution in [0, 0.1) is 0 Å². The molecule has 2 saturated heterocycles. The molecule has 3 heterocycles. The molecule has 1 aliphatic carbocycles. The first-order valence-corrected chi connectivity index (χ1v) is 9.30. The fourth-order valence-electron chi connectivity index (χ4n) is 4.64. The number of rotatable bonds is 3. The summed E-state index contributed by atoms with van der Waals surface area (Å²) in [5, 5.41) is 4.38. The zero-order valence-electron chi connectivity index (χ0n) is 13.7. The van der Waals surface area contributed by atoms with E-state index in [2.05, 4.69) is 21.0 Å². The van der Waals surface area contributed by atoms with Gasteiger partial charge in [0, 0.05) is 24.6 Å². The molecule has 1 aromatic heterocycles. The van der Waals surface area contributed by atoms with Gasteiger partial charge in [0.15, 0.2) is 5.76 Å². The van der Waals surface area contributed by atoms with Crippen LogP contribution in [0.4, 0.5) is 0 Å². The van der Waals surface area contributed by atoms with Crippen LogP contribution in [0.5, 0.6) is 0 Å². The molecule has 0 N–H and O–H groups in total. The molecule has 0 spiro atoms. The Kier molecular flexibility index (Phi) is 4.49. The fourth-order valence-corrected chi connectivity index (χ4v) is 4.64. The SMILES string of the molecule is c1c(C2CCCCC2)noc1CN1CCCN2CCC[C@H]2C1. The lowest BCUT2D eigenvalue weighted by molar-refractivity contribution is 0.199. The summed E-state index contributed by atoms with van der Waals surface area (Å²) in [6.45, 7) is 5.95. The maximum atomic E-state index is 5.67. The molecular weight excluding hydrogens is 274 g/mol. The highest BCUT2D eigenvalue weighted by Gasteiger charge is 2.29. The average Bonchev–Trinajstić information content (AvgIpc) is 3.14. The van der Waals surface area contributed by atoms with Gasteiger partial charge in [0.05, 0.1) is 12.2 Å². The third-order valence-electron chi connectivity index (χ3n) is 5.87. The summed E-state index contributed by atoms with van der Waals surface area (Å²) >= 11 is 0. The largest absolute Gasteiger partial charge is 0.360 e. The van der Waals surface area contributed by atoms with E-state index in [0.29, 0.717) is 5.92 Å². The summed E-state index contributed by atoms with van der Waals surface area (Å²) in [5.41, 5.74) is 1.21. The van der Waals surface area contributed by atoms with Crippen molar-refractivity contribution in [3.8, 4) is 0 Å². The molecule has 1 saturated carbocycles. The summed E-state index contributed by atoms with van der Waals surface area (Å²) < 4.78 is 5.67. The fraction of sp³-hybridized carbons (Fsp3) is 0.833. The first kappa shape index (κ1) is 14.7. The molecular formula is C18H29N3O. The highest BCUT2D eigenvalue weighted by atomic mass is 16.5. The molecule has 0 unspecified atom stereocenters. The van der Waals surface area contributed by atoms with E-state index in [-0.39, 0.29) is 0 Å². The van der Waals surface area contributed by atoms with E-state index in [1.165, 1.54) is 83.2 Å². The molecule has 4 heteroatoms. The maximum absolute atomic E-state index is 5.67. The molecule has 3 aliphatic rings. The first-order valence-electron chi connectivity index (χ1n) is 9.30. The van der Waals surface area contributed by atoms with Crippen LogP contribution in [0.15, 0.2) is 10.6 Å². The molecule has 22 heavy (non-hydrogen) atoms. The van der Waals surface area contributed by atoms with E-state index < -0.39 is 0 Å². The van der Waals surface area contributed by atoms with Crippen molar-refractivity contribution >= 4 is 0 Å². The van der Waals surface area contributed by atoms with Gasteiger partial charge in [0.25, 0.3) is 0 Å². The average molecular weight is 303 g/mol. The second-order valence-electron chi connectivity index (χ2n) is 7.47. The lowest BCUT2D eigenvalue weighted by Crippen LogP contribution is -2.36. The van der Waals surface area contributed by atoms with Gasteiger partial charge in [-0.2, -0.15) is 0 Å². The number of aromatic nitrogens is 1. The minimum Gasteiger partial charge on any atom is -0.360 e. The van der Waals surface area contributed by atoms with E-state index >= 15 is 0 Å². The number of hydrogen-bond acceptors (Lipinski definition) is 4. The summed E-state index contributed by atoms with van der Waals surface area (Å²) in [6.07, 6.45) is 10.8. The van der Waals surface area contributed by atoms with Crippen molar-refractivity contribution in [3.05, 3.63) is 17.5 Å². The molecule has 122 valence electrons. The highest BCUT2D eigenvalue weighted by molar-refractivity contribution is 5.11. The van der Waals surface area contributed by atoms with Crippen LogP contribution in [0.1, 0.15) is 68.7 Å². The Labute approximate surface area is 133 Å². The molecule has 3 fully saturated rings. The third-order valence-corrected chi connectivity index (χ3v) is 5.87. The molecule has 4 nitrogen and oxygen atoms in total. The molecule has 0 radical (unpaired) electrons. The molecule has 2 aliphatic heterocycles. The Hall–Kier alpha value is -0.870. The molecule has 1 aromatic rings. The van der Waals surface area contributed by atoms with Gasteiger partial charge in [-0.25, -0.2) is 0 Å². The maximum Gasteiger partial charge on any atom is 0.150 e. The lowest BCUT2D eigenvalue weighted by Gasteiger charge is -2.24. The van der Waals surface area contributed by atoms with Gasteiger partial charge in [0.2, 0.25) is 0 Å². The molecule has 0 bridgehead atoms. The van der Waals surface area contributed by atoms with E-state index in [0.717, 1.165) is 18.3 Å². The van der Waals surface area contributed by atoms with Gasteiger partial charge in [-0.1, -0.05) is 24.4 Å². The highest BCUT2D eigenvalue weighted by Crippen LogP contribution is 2.32. The van der Waals surface area contributed by atoms with E-state index in [9.17, 15) is 0 Å². The van der Waals surface area contributed by atoms with Crippen molar-refractivity contribution in [3.63, 3.8) is 0 Å². The van der Waals surface area contributed by atoms with E-state index in [1.54, 1.807) is 0 Å². The van der Waals surface area contributed by atoms with Crippen LogP contribution < -0.4 is 0 Å². The second-order valence-corrected chi connectivity index (χ2v) is 7.47. The van der Waals surface area contributed by atoms with Gasteiger partial charge in [-0.3, -0.25) is 9.80 Å². The van der Waals surface area contributed by atoms with Gasteiger partial charge < -0.3 is 4.52 Å². The first-order chi connectivity index (χ1) is 10.9. The van der Waals surface area contributed by atoms with Crippen molar-refractivity contribution in [1.29, 1.82) is 0 Å². The van der Waals surface area contributed by atoms with Crippen LogP contribution in [0.2, 0.25) is 0 Å². The molecule has 0 amide bonds. The van der Waals surface area contributed by atoms with Crippen molar-refractivity contribution in [2.24, 2.45) is 0 Å². The standard InChI is InChI=1S/C18H29N3O/c1-2-6-15(7-3-1)18-12-17(22-19-18)14-20-9-5-11-21-10-4-8-16(21)13-20/h12,15-16H,1-11,13-14H2/t16-/m0/s1.